The molecule has 0 unspecified atom stereocenters. The van der Waals surface area contributed by atoms with Crippen LogP contribution in [0.15, 0.2) is 0 Å². The van der Waals surface area contributed by atoms with Gasteiger partial charge in [0.2, 0.25) is 0 Å². The van der Waals surface area contributed by atoms with Crippen molar-refractivity contribution >= 4 is 28.4 Å². The van der Waals surface area contributed by atoms with Gasteiger partial charge in [0.15, 0.2) is 0 Å². The molecule has 1 heterocycles. The summed E-state index contributed by atoms with van der Waals surface area (Å²) in [5.41, 5.74) is 1.09. The third kappa shape index (κ3) is 4.66. The Bertz CT molecular complexity index is 349. The van der Waals surface area contributed by atoms with Gasteiger partial charge in [-0.1, -0.05) is 6.92 Å². The highest BCUT2D eigenvalue weighted by molar-refractivity contribution is 14.1. The summed E-state index contributed by atoms with van der Waals surface area (Å²) in [5, 5.41) is 3.10. The monoisotopic (exact) mass is 365 g/mol. The Morgan fingerprint density at radius 2 is 2.00 bits per heavy atom. The van der Waals surface area contributed by atoms with Crippen LogP contribution in [0, 0.1) is 3.57 Å². The Labute approximate surface area is 122 Å². The van der Waals surface area contributed by atoms with Crippen molar-refractivity contribution < 1.29 is 9.47 Å². The average molecular weight is 365 g/mol. The zero-order valence-corrected chi connectivity index (χ0v) is 13.3. The summed E-state index contributed by atoms with van der Waals surface area (Å²) in [6, 6.07) is 0. The van der Waals surface area contributed by atoms with Gasteiger partial charge in [0.05, 0.1) is 29.1 Å². The minimum atomic E-state index is 0.611. The van der Waals surface area contributed by atoms with Gasteiger partial charge >= 0.3 is 0 Å². The molecule has 18 heavy (non-hydrogen) atoms. The van der Waals surface area contributed by atoms with Crippen molar-refractivity contribution in [3.8, 4) is 0 Å². The molecule has 0 aliphatic heterocycles. The van der Waals surface area contributed by atoms with Crippen molar-refractivity contribution in [2.75, 3.05) is 39.3 Å². The molecule has 5 nitrogen and oxygen atoms in total. The van der Waals surface area contributed by atoms with Crippen LogP contribution in [0.5, 0.6) is 0 Å². The molecule has 0 fully saturated rings. The molecule has 1 N–H and O–H groups in total. The van der Waals surface area contributed by atoms with Gasteiger partial charge in [-0.25, -0.2) is 9.97 Å². The number of nitrogens with zero attached hydrogens (tertiary/aromatic N) is 2. The van der Waals surface area contributed by atoms with Gasteiger partial charge in [-0.15, -0.1) is 0 Å². The van der Waals surface area contributed by atoms with Gasteiger partial charge in [0.25, 0.3) is 0 Å². The number of anilines is 1. The van der Waals surface area contributed by atoms with Crippen LogP contribution in [0.3, 0.4) is 0 Å². The van der Waals surface area contributed by atoms with Gasteiger partial charge < -0.3 is 14.8 Å². The SMILES string of the molecule is CCc1nc(CCOCCOC)nc(NC)c1I. The van der Waals surface area contributed by atoms with Gasteiger partial charge in [-0.05, 0) is 29.0 Å². The molecule has 0 aliphatic carbocycles. The molecule has 0 aromatic carbocycles. The minimum absolute atomic E-state index is 0.611. The first-order valence-electron chi connectivity index (χ1n) is 6.02. The average Bonchev–Trinajstić information content (AvgIpc) is 2.40. The van der Waals surface area contributed by atoms with Crippen molar-refractivity contribution in [2.45, 2.75) is 19.8 Å². The molecular weight excluding hydrogens is 345 g/mol. The quantitative estimate of drug-likeness (QED) is 0.563. The molecule has 0 amide bonds. The summed E-state index contributed by atoms with van der Waals surface area (Å²) in [7, 11) is 3.54. The molecule has 0 saturated heterocycles. The molecule has 0 spiro atoms. The van der Waals surface area contributed by atoms with E-state index in [2.05, 4.69) is 44.8 Å². The van der Waals surface area contributed by atoms with E-state index in [1.807, 2.05) is 7.05 Å². The third-order valence-electron chi connectivity index (χ3n) is 2.44. The van der Waals surface area contributed by atoms with Crippen molar-refractivity contribution in [1.82, 2.24) is 9.97 Å². The number of halogens is 1. The first-order chi connectivity index (χ1) is 8.72. The zero-order valence-electron chi connectivity index (χ0n) is 11.1. The van der Waals surface area contributed by atoms with Crippen LogP contribution in [-0.4, -0.2) is 43.9 Å². The smallest absolute Gasteiger partial charge is 0.143 e. The lowest BCUT2D eigenvalue weighted by Gasteiger charge is -2.10. The highest BCUT2D eigenvalue weighted by atomic mass is 127. The number of hydrogen-bond donors (Lipinski definition) is 1. The van der Waals surface area contributed by atoms with E-state index >= 15 is 0 Å². The molecule has 0 aliphatic rings. The first-order valence-corrected chi connectivity index (χ1v) is 7.10. The lowest BCUT2D eigenvalue weighted by molar-refractivity contribution is 0.0716. The largest absolute Gasteiger partial charge is 0.382 e. The van der Waals surface area contributed by atoms with Crippen molar-refractivity contribution in [2.24, 2.45) is 0 Å². The van der Waals surface area contributed by atoms with Crippen LogP contribution in [0.25, 0.3) is 0 Å². The van der Waals surface area contributed by atoms with E-state index in [0.717, 1.165) is 33.7 Å². The minimum Gasteiger partial charge on any atom is -0.382 e. The number of ether oxygens (including phenoxy) is 2. The summed E-state index contributed by atoms with van der Waals surface area (Å²) in [5.74, 6) is 1.73. The lowest BCUT2D eigenvalue weighted by Crippen LogP contribution is -2.11. The fraction of sp³-hybridized carbons (Fsp3) is 0.667. The zero-order chi connectivity index (χ0) is 13.4. The summed E-state index contributed by atoms with van der Waals surface area (Å²) in [6.45, 7) is 3.95. The second-order valence-corrected chi connectivity index (χ2v) is 4.79. The van der Waals surface area contributed by atoms with Crippen LogP contribution in [0.1, 0.15) is 18.4 Å². The van der Waals surface area contributed by atoms with Crippen LogP contribution < -0.4 is 5.32 Å². The Morgan fingerprint density at radius 3 is 2.61 bits per heavy atom. The van der Waals surface area contributed by atoms with E-state index in [4.69, 9.17) is 9.47 Å². The molecule has 102 valence electrons. The number of rotatable bonds is 8. The Morgan fingerprint density at radius 1 is 1.22 bits per heavy atom. The number of nitrogens with one attached hydrogen (secondary N) is 1. The van der Waals surface area contributed by atoms with E-state index in [9.17, 15) is 0 Å². The normalized spacial score (nSPS) is 10.7. The molecule has 1 aromatic rings. The van der Waals surface area contributed by atoms with Gasteiger partial charge in [-0.2, -0.15) is 0 Å². The lowest BCUT2D eigenvalue weighted by atomic mass is 10.3. The molecule has 0 saturated carbocycles. The predicted molar refractivity (Wildman–Crippen MR) is 80.1 cm³/mol. The molecule has 0 radical (unpaired) electrons. The van der Waals surface area contributed by atoms with Crippen LogP contribution >= 0.6 is 22.6 Å². The summed E-state index contributed by atoms with van der Waals surface area (Å²) in [4.78, 5) is 9.02. The molecule has 1 rings (SSSR count). The van der Waals surface area contributed by atoms with Crippen molar-refractivity contribution in [3.63, 3.8) is 0 Å². The number of methoxy groups -OCH3 is 1. The summed E-state index contributed by atoms with van der Waals surface area (Å²) >= 11 is 2.28. The number of hydrogen-bond acceptors (Lipinski definition) is 5. The maximum atomic E-state index is 5.43. The fourth-order valence-corrected chi connectivity index (χ4v) is 2.36. The fourth-order valence-electron chi connectivity index (χ4n) is 1.46. The van der Waals surface area contributed by atoms with E-state index in [0.29, 0.717) is 19.8 Å². The molecular formula is C12H20IN3O2. The number of aromatic nitrogens is 2. The van der Waals surface area contributed by atoms with Gasteiger partial charge in [-0.3, -0.25) is 0 Å². The molecule has 0 bridgehead atoms. The standard InChI is InChI=1S/C12H20IN3O2/c1-4-9-11(13)12(14-2)16-10(15-9)5-6-18-8-7-17-3/h4-8H2,1-3H3,(H,14,15,16). The van der Waals surface area contributed by atoms with Crippen LogP contribution in [0.2, 0.25) is 0 Å². The first kappa shape index (κ1) is 15.6. The van der Waals surface area contributed by atoms with E-state index in [1.54, 1.807) is 7.11 Å². The third-order valence-corrected chi connectivity index (χ3v) is 3.57. The van der Waals surface area contributed by atoms with E-state index < -0.39 is 0 Å². The molecule has 1 aromatic heterocycles. The topological polar surface area (TPSA) is 56.3 Å². The Hall–Kier alpha value is -0.470. The highest BCUT2D eigenvalue weighted by Gasteiger charge is 2.09. The van der Waals surface area contributed by atoms with E-state index in [1.165, 1.54) is 0 Å². The second kappa shape index (κ2) is 8.60. The Balaban J connectivity index is 2.60. The van der Waals surface area contributed by atoms with Gasteiger partial charge in [0.1, 0.15) is 11.6 Å². The Kier molecular flexibility index (Phi) is 7.45. The van der Waals surface area contributed by atoms with Crippen LogP contribution in [0.4, 0.5) is 5.82 Å². The maximum Gasteiger partial charge on any atom is 0.143 e. The highest BCUT2D eigenvalue weighted by Crippen LogP contribution is 2.19. The van der Waals surface area contributed by atoms with Crippen molar-refractivity contribution in [1.29, 1.82) is 0 Å². The molecule has 6 heteroatoms. The summed E-state index contributed by atoms with van der Waals surface area (Å²) in [6.07, 6.45) is 1.63. The maximum absolute atomic E-state index is 5.43. The van der Waals surface area contributed by atoms with Crippen LogP contribution in [-0.2, 0) is 22.3 Å². The predicted octanol–water partition coefficient (Wildman–Crippen LogP) is 1.89. The van der Waals surface area contributed by atoms with E-state index in [-0.39, 0.29) is 0 Å². The summed E-state index contributed by atoms with van der Waals surface area (Å²) < 4.78 is 11.4. The van der Waals surface area contributed by atoms with Gasteiger partial charge in [0, 0.05) is 20.6 Å². The second-order valence-electron chi connectivity index (χ2n) is 3.71. The molecule has 0 atom stereocenters. The van der Waals surface area contributed by atoms with Crippen molar-refractivity contribution in [3.05, 3.63) is 15.1 Å². The number of aryl methyl sites for hydroxylation is 1.